The van der Waals surface area contributed by atoms with Crippen molar-refractivity contribution in [1.29, 1.82) is 0 Å². The summed E-state index contributed by atoms with van der Waals surface area (Å²) in [7, 11) is 0. The third-order valence-electron chi connectivity index (χ3n) is 2.82. The topological polar surface area (TPSA) is 84.9 Å². The van der Waals surface area contributed by atoms with Gasteiger partial charge in [-0.15, -0.1) is 0 Å². The zero-order valence-electron chi connectivity index (χ0n) is 13.9. The lowest BCUT2D eigenvalue weighted by Crippen LogP contribution is -2.47. The maximum atomic E-state index is 12.1. The van der Waals surface area contributed by atoms with E-state index in [0.717, 1.165) is 0 Å². The molecule has 1 amide bonds. The quantitative estimate of drug-likeness (QED) is 0.767. The lowest BCUT2D eigenvalue weighted by Gasteiger charge is -2.26. The second-order valence-electron chi connectivity index (χ2n) is 5.96. The summed E-state index contributed by atoms with van der Waals surface area (Å²) in [6.07, 6.45) is -2.37. The highest BCUT2D eigenvalue weighted by molar-refractivity contribution is 6.36. The Balaban J connectivity index is 3.09. The molecular weight excluding hydrogens is 357 g/mol. The first-order valence-electron chi connectivity index (χ1n) is 7.35. The number of aliphatic hydroxyl groups is 1. The van der Waals surface area contributed by atoms with Crippen LogP contribution in [0.5, 0.6) is 0 Å². The largest absolute Gasteiger partial charge is 0.464 e. The molecule has 0 radical (unpaired) electrons. The molecule has 2 N–H and O–H groups in total. The molecule has 0 aliphatic rings. The van der Waals surface area contributed by atoms with Crippen LogP contribution in [0.3, 0.4) is 0 Å². The molecule has 0 spiro atoms. The highest BCUT2D eigenvalue weighted by Crippen LogP contribution is 2.32. The lowest BCUT2D eigenvalue weighted by atomic mass is 10.0. The van der Waals surface area contributed by atoms with E-state index >= 15 is 0 Å². The van der Waals surface area contributed by atoms with Crippen molar-refractivity contribution in [2.24, 2.45) is 0 Å². The van der Waals surface area contributed by atoms with Crippen LogP contribution in [0.4, 0.5) is 4.79 Å². The van der Waals surface area contributed by atoms with E-state index in [2.05, 4.69) is 5.32 Å². The van der Waals surface area contributed by atoms with Crippen LogP contribution in [0, 0.1) is 0 Å². The van der Waals surface area contributed by atoms with E-state index in [9.17, 15) is 14.7 Å². The Morgan fingerprint density at radius 1 is 1.25 bits per heavy atom. The van der Waals surface area contributed by atoms with Crippen LogP contribution in [0.15, 0.2) is 18.2 Å². The van der Waals surface area contributed by atoms with Crippen molar-refractivity contribution in [1.82, 2.24) is 5.32 Å². The molecule has 2 atom stereocenters. The molecule has 6 nitrogen and oxygen atoms in total. The molecule has 0 aliphatic heterocycles. The Morgan fingerprint density at radius 3 is 2.25 bits per heavy atom. The summed E-state index contributed by atoms with van der Waals surface area (Å²) in [5.41, 5.74) is -0.647. The number of aliphatic hydroxyl groups excluding tert-OH is 1. The second kappa shape index (κ2) is 8.55. The predicted molar refractivity (Wildman–Crippen MR) is 91.2 cm³/mol. The SMILES string of the molecule is CCOC(=O)[C@@H](NC(=O)OC(C)(C)C)[C@@H](O)c1c(Cl)cccc1Cl. The molecule has 1 aromatic carbocycles. The number of nitrogens with one attached hydrogen (secondary N) is 1. The molecule has 0 unspecified atom stereocenters. The van der Waals surface area contributed by atoms with Gasteiger partial charge in [-0.3, -0.25) is 0 Å². The average Bonchev–Trinajstić information content (AvgIpc) is 2.42. The summed E-state index contributed by atoms with van der Waals surface area (Å²) in [6, 6.07) is 3.21. The summed E-state index contributed by atoms with van der Waals surface area (Å²) >= 11 is 12.1. The molecule has 0 saturated carbocycles. The van der Waals surface area contributed by atoms with E-state index < -0.39 is 29.8 Å². The van der Waals surface area contributed by atoms with Crippen molar-refractivity contribution in [3.05, 3.63) is 33.8 Å². The van der Waals surface area contributed by atoms with Crippen LogP contribution in [-0.4, -0.2) is 35.4 Å². The van der Waals surface area contributed by atoms with Crippen molar-refractivity contribution in [2.45, 2.75) is 45.4 Å². The van der Waals surface area contributed by atoms with Gasteiger partial charge >= 0.3 is 12.1 Å². The monoisotopic (exact) mass is 377 g/mol. The fourth-order valence-corrected chi connectivity index (χ4v) is 2.51. The summed E-state index contributed by atoms with van der Waals surface area (Å²) in [5.74, 6) is -0.827. The molecular formula is C16H21Cl2NO5. The summed E-state index contributed by atoms with van der Waals surface area (Å²) in [4.78, 5) is 24.1. The number of hydrogen-bond donors (Lipinski definition) is 2. The molecule has 0 bridgehead atoms. The Hall–Kier alpha value is -1.50. The third kappa shape index (κ3) is 5.85. The summed E-state index contributed by atoms with van der Waals surface area (Å²) in [6.45, 7) is 6.71. The van der Waals surface area contributed by atoms with Gasteiger partial charge in [-0.1, -0.05) is 29.3 Å². The number of carbonyl (C=O) groups is 2. The van der Waals surface area contributed by atoms with Gasteiger partial charge in [-0.05, 0) is 39.8 Å². The van der Waals surface area contributed by atoms with Gasteiger partial charge in [0.1, 0.15) is 11.7 Å². The number of carbonyl (C=O) groups excluding carboxylic acids is 2. The summed E-state index contributed by atoms with van der Waals surface area (Å²) in [5, 5.41) is 13.2. The molecule has 0 heterocycles. The van der Waals surface area contributed by atoms with Crippen LogP contribution in [0.1, 0.15) is 39.4 Å². The number of halogens is 2. The van der Waals surface area contributed by atoms with Gasteiger partial charge in [0.2, 0.25) is 0 Å². The number of hydrogen-bond acceptors (Lipinski definition) is 5. The fourth-order valence-electron chi connectivity index (χ4n) is 1.89. The van der Waals surface area contributed by atoms with Gasteiger partial charge < -0.3 is 19.9 Å². The fraction of sp³-hybridized carbons (Fsp3) is 0.500. The number of esters is 1. The van der Waals surface area contributed by atoms with Gasteiger partial charge in [0, 0.05) is 15.6 Å². The summed E-state index contributed by atoms with van der Waals surface area (Å²) < 4.78 is 10.0. The number of amides is 1. The van der Waals surface area contributed by atoms with E-state index in [1.54, 1.807) is 33.8 Å². The third-order valence-corrected chi connectivity index (χ3v) is 3.48. The lowest BCUT2D eigenvalue weighted by molar-refractivity contribution is -0.148. The van der Waals surface area contributed by atoms with E-state index in [-0.39, 0.29) is 22.2 Å². The van der Waals surface area contributed by atoms with Crippen LogP contribution in [0.2, 0.25) is 10.0 Å². The minimum atomic E-state index is -1.50. The average molecular weight is 378 g/mol. The maximum Gasteiger partial charge on any atom is 0.408 e. The molecule has 1 aromatic rings. The number of benzene rings is 1. The van der Waals surface area contributed by atoms with Gasteiger partial charge in [0.15, 0.2) is 6.04 Å². The van der Waals surface area contributed by atoms with E-state index in [0.29, 0.717) is 0 Å². The Bertz CT molecular complexity index is 580. The van der Waals surface area contributed by atoms with Gasteiger partial charge in [0.25, 0.3) is 0 Å². The molecule has 0 aliphatic carbocycles. The Morgan fingerprint density at radius 2 is 1.79 bits per heavy atom. The molecule has 0 aromatic heterocycles. The molecule has 24 heavy (non-hydrogen) atoms. The minimum Gasteiger partial charge on any atom is -0.464 e. The van der Waals surface area contributed by atoms with E-state index in [4.69, 9.17) is 32.7 Å². The van der Waals surface area contributed by atoms with E-state index in [1.165, 1.54) is 12.1 Å². The Labute approximate surface area is 151 Å². The number of rotatable bonds is 5. The smallest absolute Gasteiger partial charge is 0.408 e. The first-order valence-corrected chi connectivity index (χ1v) is 8.10. The van der Waals surface area contributed by atoms with Crippen molar-refractivity contribution in [2.75, 3.05) is 6.61 Å². The van der Waals surface area contributed by atoms with E-state index in [1.807, 2.05) is 0 Å². The van der Waals surface area contributed by atoms with Gasteiger partial charge in [-0.2, -0.15) is 0 Å². The highest BCUT2D eigenvalue weighted by Gasteiger charge is 2.34. The Kier molecular flexibility index (Phi) is 7.32. The number of alkyl carbamates (subject to hydrolysis) is 1. The van der Waals surface area contributed by atoms with Crippen molar-refractivity contribution >= 4 is 35.3 Å². The first kappa shape index (κ1) is 20.5. The molecule has 0 saturated heterocycles. The van der Waals surface area contributed by atoms with Crippen LogP contribution >= 0.6 is 23.2 Å². The van der Waals surface area contributed by atoms with Gasteiger partial charge in [0.05, 0.1) is 6.61 Å². The predicted octanol–water partition coefficient (Wildman–Crippen LogP) is 3.48. The molecule has 134 valence electrons. The van der Waals surface area contributed by atoms with Gasteiger partial charge in [-0.25, -0.2) is 9.59 Å². The number of ether oxygens (including phenoxy) is 2. The van der Waals surface area contributed by atoms with Crippen molar-refractivity contribution in [3.63, 3.8) is 0 Å². The molecule has 1 rings (SSSR count). The van der Waals surface area contributed by atoms with Crippen LogP contribution in [-0.2, 0) is 14.3 Å². The zero-order chi connectivity index (χ0) is 18.5. The zero-order valence-corrected chi connectivity index (χ0v) is 15.4. The highest BCUT2D eigenvalue weighted by atomic mass is 35.5. The molecule has 8 heteroatoms. The normalized spacial score (nSPS) is 13.8. The van der Waals surface area contributed by atoms with Crippen molar-refractivity contribution < 1.29 is 24.2 Å². The first-order chi connectivity index (χ1) is 11.1. The van der Waals surface area contributed by atoms with Crippen LogP contribution < -0.4 is 5.32 Å². The standard InChI is InChI=1S/C16H21Cl2NO5/c1-5-23-14(21)12(19-15(22)24-16(2,3)4)13(20)11-9(17)7-6-8-10(11)18/h6-8,12-13,20H,5H2,1-4H3,(H,19,22)/t12-,13-/m0/s1. The maximum absolute atomic E-state index is 12.1. The van der Waals surface area contributed by atoms with Crippen LogP contribution in [0.25, 0.3) is 0 Å². The second-order valence-corrected chi connectivity index (χ2v) is 6.77. The minimum absolute atomic E-state index is 0.0777. The van der Waals surface area contributed by atoms with Crippen molar-refractivity contribution in [3.8, 4) is 0 Å². The molecule has 0 fully saturated rings.